The van der Waals surface area contributed by atoms with Gasteiger partial charge in [0.25, 0.3) is 0 Å². The molecule has 0 radical (unpaired) electrons. The van der Waals surface area contributed by atoms with Crippen molar-refractivity contribution in [3.05, 3.63) is 48.5 Å². The highest BCUT2D eigenvalue weighted by Crippen LogP contribution is 2.23. The van der Waals surface area contributed by atoms with Gasteiger partial charge in [0.2, 0.25) is 11.9 Å². The number of ether oxygens (including phenoxy) is 3. The summed E-state index contributed by atoms with van der Waals surface area (Å²) in [5.41, 5.74) is -0.407. The lowest BCUT2D eigenvalue weighted by atomic mass is 10.1. The molecule has 0 bridgehead atoms. The third kappa shape index (κ3) is 23.7. The van der Waals surface area contributed by atoms with Crippen LogP contribution in [-0.4, -0.2) is 101 Å². The van der Waals surface area contributed by atoms with E-state index in [-0.39, 0.29) is 31.4 Å². The Kier molecular flexibility index (Phi) is 22.3. The molecule has 0 spiro atoms. The number of carbonyl (C=O) groups excluding carboxylic acids is 5. The molecule has 1 atom stereocenters. The van der Waals surface area contributed by atoms with E-state index in [0.29, 0.717) is 61.6 Å². The Hall–Kier alpha value is -5.64. The van der Waals surface area contributed by atoms with Crippen LogP contribution in [0.4, 0.5) is 41.9 Å². The molecule has 0 aliphatic rings. The zero-order valence-corrected chi connectivity index (χ0v) is 40.4. The van der Waals surface area contributed by atoms with Gasteiger partial charge in [0.1, 0.15) is 22.8 Å². The normalized spacial score (nSPS) is 12.4. The third-order valence-electron chi connectivity index (χ3n) is 7.75. The number of amides is 6. The summed E-state index contributed by atoms with van der Waals surface area (Å²) in [6.45, 7) is 22.8. The lowest BCUT2D eigenvalue weighted by molar-refractivity contribution is -0.118. The number of benzene rings is 2. The summed E-state index contributed by atoms with van der Waals surface area (Å²) < 4.78 is 33.6. The van der Waals surface area contributed by atoms with E-state index in [4.69, 9.17) is 27.5 Å². The van der Waals surface area contributed by atoms with Crippen LogP contribution in [0.1, 0.15) is 102 Å². The molecule has 0 heterocycles. The van der Waals surface area contributed by atoms with Gasteiger partial charge in [-0.25, -0.2) is 19.2 Å². The average molecular weight is 916 g/mol. The largest absolute Gasteiger partial charge is 0.500 e. The van der Waals surface area contributed by atoms with Crippen LogP contribution in [0.3, 0.4) is 0 Å². The maximum absolute atomic E-state index is 13.5. The second-order valence-corrected chi connectivity index (χ2v) is 19.8. The zero-order chi connectivity index (χ0) is 48.0. The van der Waals surface area contributed by atoms with Crippen LogP contribution in [0.2, 0.25) is 6.04 Å². The van der Waals surface area contributed by atoms with Gasteiger partial charge in [-0.15, -0.1) is 0 Å². The smallest absolute Gasteiger partial charge is 0.444 e. The molecule has 0 saturated carbocycles. The summed E-state index contributed by atoms with van der Waals surface area (Å²) in [4.78, 5) is 68.0. The van der Waals surface area contributed by atoms with E-state index in [1.54, 1.807) is 111 Å². The molecule has 0 saturated heterocycles. The van der Waals surface area contributed by atoms with Crippen molar-refractivity contribution >= 4 is 67.7 Å². The quantitative estimate of drug-likeness (QED) is 0.0183. The number of aliphatic imine (C=N–C) groups is 1. The summed E-state index contributed by atoms with van der Waals surface area (Å²) in [5.74, 6) is -0.745. The topological polar surface area (TPSA) is 250 Å². The van der Waals surface area contributed by atoms with Crippen molar-refractivity contribution in [3.63, 3.8) is 0 Å². The van der Waals surface area contributed by atoms with Crippen molar-refractivity contribution in [1.82, 2.24) is 21.3 Å². The predicted octanol–water partition coefficient (Wildman–Crippen LogP) is 8.68. The van der Waals surface area contributed by atoms with Crippen LogP contribution < -0.4 is 31.9 Å². The Morgan fingerprint density at radius 3 is 1.48 bits per heavy atom. The van der Waals surface area contributed by atoms with Crippen LogP contribution in [0.25, 0.3) is 0 Å². The van der Waals surface area contributed by atoms with Gasteiger partial charge in [-0.2, -0.15) is 10.2 Å². The molecule has 356 valence electrons. The summed E-state index contributed by atoms with van der Waals surface area (Å²) in [6.07, 6.45) is -1.52. The Balaban J connectivity index is 2.04. The number of nitrogens with zero attached hydrogens (tertiary/aromatic N) is 3. The lowest BCUT2D eigenvalue weighted by Gasteiger charge is -2.28. The highest BCUT2D eigenvalue weighted by molar-refractivity contribution is 6.60. The average Bonchev–Trinajstić information content (AvgIpc) is 3.16. The number of hydrogen-bond donors (Lipinski definition) is 6. The van der Waals surface area contributed by atoms with Crippen LogP contribution in [-0.2, 0) is 32.3 Å². The number of rotatable bonds is 20. The molecule has 0 aliphatic carbocycles. The Morgan fingerprint density at radius 2 is 1.05 bits per heavy atom. The van der Waals surface area contributed by atoms with E-state index < -0.39 is 55.8 Å². The zero-order valence-electron chi connectivity index (χ0n) is 39.4. The molecule has 0 fully saturated rings. The SMILES string of the molecule is CCO[Si](CCCNC(=O)Nc1ccc(N=Nc2ccc(NC(=O)C(CCCN=C(NC(=O)OC(C)(C)C)NC(=O)OC(C)(C)C)NC(=O)OC(C)(C)C)cc2)cc1)(OCC)OCC. The fraction of sp³-hybridized carbons (Fsp3) is 0.581. The molecule has 20 nitrogen and oxygen atoms in total. The van der Waals surface area contributed by atoms with E-state index >= 15 is 0 Å². The van der Waals surface area contributed by atoms with Gasteiger partial charge < -0.3 is 48.8 Å². The summed E-state index contributed by atoms with van der Waals surface area (Å²) in [6, 6.07) is 12.6. The van der Waals surface area contributed by atoms with Gasteiger partial charge in [0.15, 0.2) is 0 Å². The number of urea groups is 1. The second kappa shape index (κ2) is 26.2. The van der Waals surface area contributed by atoms with Crippen molar-refractivity contribution in [2.45, 2.75) is 131 Å². The fourth-order valence-corrected chi connectivity index (χ4v) is 7.98. The van der Waals surface area contributed by atoms with Crippen LogP contribution >= 0.6 is 0 Å². The van der Waals surface area contributed by atoms with Gasteiger partial charge in [0, 0.05) is 50.3 Å². The van der Waals surface area contributed by atoms with Crippen molar-refractivity contribution in [2.75, 3.05) is 43.5 Å². The van der Waals surface area contributed by atoms with E-state index in [2.05, 4.69) is 47.1 Å². The molecule has 0 aliphatic heterocycles. The molecule has 1 unspecified atom stereocenters. The number of alkyl carbamates (subject to hydrolysis) is 3. The third-order valence-corrected chi connectivity index (χ3v) is 10.9. The molecule has 6 amide bonds. The monoisotopic (exact) mass is 915 g/mol. The minimum absolute atomic E-state index is 0.0256. The molecule has 6 N–H and O–H groups in total. The first-order valence-electron chi connectivity index (χ1n) is 21.4. The minimum atomic E-state index is -2.78. The molecule has 64 heavy (non-hydrogen) atoms. The Morgan fingerprint density at radius 1 is 0.609 bits per heavy atom. The van der Waals surface area contributed by atoms with Crippen LogP contribution in [0.5, 0.6) is 0 Å². The van der Waals surface area contributed by atoms with E-state index in [9.17, 15) is 24.0 Å². The number of nitrogens with one attached hydrogen (secondary N) is 6. The molecular formula is C43H69N9O11Si. The summed E-state index contributed by atoms with van der Waals surface area (Å²) in [7, 11) is -2.78. The lowest BCUT2D eigenvalue weighted by Crippen LogP contribution is -2.47. The van der Waals surface area contributed by atoms with E-state index in [1.807, 2.05) is 20.8 Å². The van der Waals surface area contributed by atoms with E-state index in [1.165, 1.54) is 0 Å². The molecular weight excluding hydrogens is 847 g/mol. The maximum atomic E-state index is 13.5. The number of azo groups is 1. The van der Waals surface area contributed by atoms with Gasteiger partial charge in [-0.1, -0.05) is 0 Å². The first kappa shape index (κ1) is 54.5. The standard InChI is InChI=1S/C43H69N9O11Si/c1-13-58-64(59-14-2,60-15-3)29-17-28-45-37(54)47-31-21-25-33(26-22-31)52-51-32-23-19-30(20-24-32)46-35(53)34(48-38(55)61-41(4,5)6)18-16-27-44-36(49-39(56)62-42(7,8)9)50-40(57)63-43(10,11)12/h19-26,34H,13-18,27-29H2,1-12H3,(H,46,53)(H,48,55)(H2,45,47,54)(H2,44,49,50,56,57). The van der Waals surface area contributed by atoms with Crippen molar-refractivity contribution in [1.29, 1.82) is 0 Å². The first-order chi connectivity index (χ1) is 29.9. The van der Waals surface area contributed by atoms with Gasteiger partial charge in [0.05, 0.1) is 11.4 Å². The predicted molar refractivity (Wildman–Crippen MR) is 246 cm³/mol. The molecule has 2 rings (SSSR count). The molecule has 2 aromatic rings. The Labute approximate surface area is 378 Å². The number of carbonyl (C=O) groups is 5. The van der Waals surface area contributed by atoms with Gasteiger partial charge >= 0.3 is 33.1 Å². The second-order valence-electron chi connectivity index (χ2n) is 17.1. The van der Waals surface area contributed by atoms with Crippen molar-refractivity contribution < 1.29 is 51.5 Å². The fourth-order valence-electron chi connectivity index (χ4n) is 5.37. The van der Waals surface area contributed by atoms with Crippen LogP contribution in [0.15, 0.2) is 63.8 Å². The first-order valence-corrected chi connectivity index (χ1v) is 23.3. The molecule has 2 aromatic carbocycles. The van der Waals surface area contributed by atoms with Gasteiger partial charge in [-0.05, 0) is 151 Å². The van der Waals surface area contributed by atoms with Crippen LogP contribution in [0, 0.1) is 0 Å². The molecule has 0 aromatic heterocycles. The van der Waals surface area contributed by atoms with Crippen molar-refractivity contribution in [2.24, 2.45) is 15.2 Å². The summed E-state index contributed by atoms with van der Waals surface area (Å²) >= 11 is 0. The molecule has 21 heteroatoms. The summed E-state index contributed by atoms with van der Waals surface area (Å²) in [5, 5.41) is 24.4. The van der Waals surface area contributed by atoms with Crippen molar-refractivity contribution in [3.8, 4) is 0 Å². The number of hydrogen-bond acceptors (Lipinski definition) is 14. The highest BCUT2D eigenvalue weighted by atomic mass is 28.4. The minimum Gasteiger partial charge on any atom is -0.444 e. The Bertz CT molecular complexity index is 1810. The number of anilines is 2. The van der Waals surface area contributed by atoms with Gasteiger partial charge in [-0.3, -0.25) is 20.4 Å². The number of guanidine groups is 1. The van der Waals surface area contributed by atoms with E-state index in [0.717, 1.165) is 0 Å². The highest BCUT2D eigenvalue weighted by Gasteiger charge is 2.39. The maximum Gasteiger partial charge on any atom is 0.500 e.